The molecule has 0 saturated heterocycles. The molecule has 0 bridgehead atoms. The molecule has 0 fully saturated rings. The highest BCUT2D eigenvalue weighted by atomic mass is 15.0. The molecular formula is C11H21N3. The summed E-state index contributed by atoms with van der Waals surface area (Å²) in [4.78, 5) is 7.26. The van der Waals surface area contributed by atoms with E-state index >= 15 is 0 Å². The lowest BCUT2D eigenvalue weighted by molar-refractivity contribution is 0.409. The highest BCUT2D eigenvalue weighted by Crippen LogP contribution is 2.09. The van der Waals surface area contributed by atoms with Crippen LogP contribution in [-0.2, 0) is 6.54 Å². The molecule has 0 aromatic carbocycles. The van der Waals surface area contributed by atoms with Crippen LogP contribution in [0, 0.1) is 5.92 Å². The van der Waals surface area contributed by atoms with Crippen molar-refractivity contribution in [3.63, 3.8) is 0 Å². The van der Waals surface area contributed by atoms with Gasteiger partial charge in [0.05, 0.1) is 6.54 Å². The molecule has 0 radical (unpaired) electrons. The van der Waals surface area contributed by atoms with E-state index in [1.54, 1.807) is 6.20 Å². The molecule has 0 aliphatic heterocycles. The van der Waals surface area contributed by atoms with Gasteiger partial charge in [-0.1, -0.05) is 20.3 Å². The van der Waals surface area contributed by atoms with E-state index in [0.29, 0.717) is 6.04 Å². The Kier molecular flexibility index (Phi) is 4.66. The molecule has 0 spiro atoms. The third-order valence-electron chi connectivity index (χ3n) is 2.63. The molecule has 1 aromatic heterocycles. The number of rotatable bonds is 6. The quantitative estimate of drug-likeness (QED) is 0.731. The van der Waals surface area contributed by atoms with Gasteiger partial charge in [-0.05, 0) is 19.3 Å². The van der Waals surface area contributed by atoms with Crippen molar-refractivity contribution in [3.8, 4) is 0 Å². The summed E-state index contributed by atoms with van der Waals surface area (Å²) in [7, 11) is 0. The second-order valence-corrected chi connectivity index (χ2v) is 4.07. The minimum absolute atomic E-state index is 0.565. The maximum atomic E-state index is 4.17. The monoisotopic (exact) mass is 195 g/mol. The molecular weight excluding hydrogens is 174 g/mol. The van der Waals surface area contributed by atoms with Crippen LogP contribution in [0.25, 0.3) is 0 Å². The Morgan fingerprint density at radius 2 is 2.29 bits per heavy atom. The van der Waals surface area contributed by atoms with E-state index in [9.17, 15) is 0 Å². The zero-order chi connectivity index (χ0) is 10.4. The maximum Gasteiger partial charge on any atom is 0.120 e. The molecule has 0 aliphatic rings. The lowest BCUT2D eigenvalue weighted by Gasteiger charge is -2.16. The number of H-pyrrole nitrogens is 1. The van der Waals surface area contributed by atoms with Crippen molar-refractivity contribution in [1.82, 2.24) is 15.3 Å². The van der Waals surface area contributed by atoms with Gasteiger partial charge in [0.2, 0.25) is 0 Å². The van der Waals surface area contributed by atoms with Gasteiger partial charge in [0.25, 0.3) is 0 Å². The summed E-state index contributed by atoms with van der Waals surface area (Å²) in [6.07, 6.45) is 6.14. The standard InChI is InChI=1S/C11H21N3/c1-4-9(2)7-10(3)14-8-11-12-5-6-13-11/h5-6,9-10,14H,4,7-8H2,1-3H3,(H,12,13). The molecule has 1 rings (SSSR count). The van der Waals surface area contributed by atoms with Crippen molar-refractivity contribution in [1.29, 1.82) is 0 Å². The largest absolute Gasteiger partial charge is 0.348 e. The van der Waals surface area contributed by atoms with Gasteiger partial charge < -0.3 is 10.3 Å². The first-order valence-corrected chi connectivity index (χ1v) is 5.44. The molecule has 2 N–H and O–H groups in total. The minimum atomic E-state index is 0.565. The molecule has 14 heavy (non-hydrogen) atoms. The summed E-state index contributed by atoms with van der Waals surface area (Å²) in [5.41, 5.74) is 0. The SMILES string of the molecule is CCC(C)CC(C)NCc1ncc[nH]1. The highest BCUT2D eigenvalue weighted by Gasteiger charge is 2.06. The first-order valence-electron chi connectivity index (χ1n) is 5.44. The first kappa shape index (κ1) is 11.2. The van der Waals surface area contributed by atoms with Crippen molar-refractivity contribution >= 4 is 0 Å². The van der Waals surface area contributed by atoms with E-state index in [2.05, 4.69) is 36.1 Å². The van der Waals surface area contributed by atoms with Gasteiger partial charge in [-0.25, -0.2) is 4.98 Å². The molecule has 3 heteroatoms. The van der Waals surface area contributed by atoms with E-state index in [1.807, 2.05) is 6.20 Å². The smallest absolute Gasteiger partial charge is 0.120 e. The fourth-order valence-corrected chi connectivity index (χ4v) is 1.52. The van der Waals surface area contributed by atoms with Gasteiger partial charge in [0.1, 0.15) is 5.82 Å². The second-order valence-electron chi connectivity index (χ2n) is 4.07. The van der Waals surface area contributed by atoms with Crippen LogP contribution in [0.2, 0.25) is 0 Å². The van der Waals surface area contributed by atoms with Crippen LogP contribution < -0.4 is 5.32 Å². The van der Waals surface area contributed by atoms with Crippen LogP contribution in [0.5, 0.6) is 0 Å². The number of hydrogen-bond acceptors (Lipinski definition) is 2. The molecule has 0 saturated carbocycles. The van der Waals surface area contributed by atoms with E-state index < -0.39 is 0 Å². The van der Waals surface area contributed by atoms with Crippen molar-refractivity contribution < 1.29 is 0 Å². The molecule has 1 aromatic rings. The third-order valence-corrected chi connectivity index (χ3v) is 2.63. The molecule has 80 valence electrons. The topological polar surface area (TPSA) is 40.7 Å². The van der Waals surface area contributed by atoms with Gasteiger partial charge in [-0.3, -0.25) is 0 Å². The number of imidazole rings is 1. The summed E-state index contributed by atoms with van der Waals surface area (Å²) in [6.45, 7) is 7.61. The lowest BCUT2D eigenvalue weighted by atomic mass is 10.0. The summed E-state index contributed by atoms with van der Waals surface area (Å²) < 4.78 is 0. The second kappa shape index (κ2) is 5.81. The molecule has 0 amide bonds. The van der Waals surface area contributed by atoms with Crippen LogP contribution >= 0.6 is 0 Å². The summed E-state index contributed by atoms with van der Waals surface area (Å²) in [5.74, 6) is 1.81. The average molecular weight is 195 g/mol. The van der Waals surface area contributed by atoms with Gasteiger partial charge in [-0.15, -0.1) is 0 Å². The van der Waals surface area contributed by atoms with E-state index in [1.165, 1.54) is 12.8 Å². The van der Waals surface area contributed by atoms with E-state index in [-0.39, 0.29) is 0 Å². The molecule has 1 heterocycles. The van der Waals surface area contributed by atoms with Crippen molar-refractivity contribution in [2.75, 3.05) is 0 Å². The van der Waals surface area contributed by atoms with Gasteiger partial charge in [-0.2, -0.15) is 0 Å². The number of aromatic amines is 1. The number of nitrogens with one attached hydrogen (secondary N) is 2. The maximum absolute atomic E-state index is 4.17. The Morgan fingerprint density at radius 3 is 2.86 bits per heavy atom. The van der Waals surface area contributed by atoms with Crippen molar-refractivity contribution in [3.05, 3.63) is 18.2 Å². The molecule has 3 nitrogen and oxygen atoms in total. The van der Waals surface area contributed by atoms with Crippen LogP contribution in [0.4, 0.5) is 0 Å². The van der Waals surface area contributed by atoms with Crippen molar-refractivity contribution in [2.45, 2.75) is 46.2 Å². The Bertz CT molecular complexity index is 231. The summed E-state index contributed by atoms with van der Waals surface area (Å²) in [5, 5.41) is 3.46. The van der Waals surface area contributed by atoms with E-state index in [0.717, 1.165) is 18.3 Å². The van der Waals surface area contributed by atoms with Crippen molar-refractivity contribution in [2.24, 2.45) is 5.92 Å². The first-order chi connectivity index (χ1) is 6.72. The number of hydrogen-bond donors (Lipinski definition) is 2. The zero-order valence-corrected chi connectivity index (χ0v) is 9.38. The van der Waals surface area contributed by atoms with Crippen LogP contribution in [-0.4, -0.2) is 16.0 Å². The Hall–Kier alpha value is -0.830. The third kappa shape index (κ3) is 3.92. The van der Waals surface area contributed by atoms with E-state index in [4.69, 9.17) is 0 Å². The lowest BCUT2D eigenvalue weighted by Crippen LogP contribution is -2.27. The fraction of sp³-hybridized carbons (Fsp3) is 0.727. The van der Waals surface area contributed by atoms with Crippen LogP contribution in [0.1, 0.15) is 39.4 Å². The minimum Gasteiger partial charge on any atom is -0.348 e. The Labute approximate surface area is 86.3 Å². The zero-order valence-electron chi connectivity index (χ0n) is 9.38. The normalized spacial score (nSPS) is 15.4. The predicted octanol–water partition coefficient (Wildman–Crippen LogP) is 2.32. The molecule has 0 aliphatic carbocycles. The predicted molar refractivity (Wildman–Crippen MR) is 59.0 cm³/mol. The van der Waals surface area contributed by atoms with Gasteiger partial charge in [0, 0.05) is 18.4 Å². The average Bonchev–Trinajstić information content (AvgIpc) is 2.67. The molecule has 2 atom stereocenters. The number of nitrogens with zero attached hydrogens (tertiary/aromatic N) is 1. The van der Waals surface area contributed by atoms with Gasteiger partial charge in [0.15, 0.2) is 0 Å². The summed E-state index contributed by atoms with van der Waals surface area (Å²) in [6, 6.07) is 0.565. The van der Waals surface area contributed by atoms with Gasteiger partial charge >= 0.3 is 0 Å². The number of aromatic nitrogens is 2. The molecule has 2 unspecified atom stereocenters. The fourth-order valence-electron chi connectivity index (χ4n) is 1.52. The van der Waals surface area contributed by atoms with Crippen LogP contribution in [0.15, 0.2) is 12.4 Å². The Balaban J connectivity index is 2.18. The summed E-state index contributed by atoms with van der Waals surface area (Å²) >= 11 is 0. The van der Waals surface area contributed by atoms with Crippen LogP contribution in [0.3, 0.4) is 0 Å². The highest BCUT2D eigenvalue weighted by molar-refractivity contribution is 4.86. The Morgan fingerprint density at radius 1 is 1.50 bits per heavy atom.